The van der Waals surface area contributed by atoms with Crippen LogP contribution in [0.5, 0.6) is 0 Å². The van der Waals surface area contributed by atoms with Gasteiger partial charge in [0.1, 0.15) is 5.54 Å². The SMILES string of the molecule is CN=C1c2ccccc2N(C(C)(C)C)C1(c1ccccc1)C(C)(C)C. The molecular weight excluding hydrogens is 304 g/mol. The van der Waals surface area contributed by atoms with E-state index in [0.717, 1.165) is 5.71 Å². The van der Waals surface area contributed by atoms with E-state index in [1.54, 1.807) is 0 Å². The molecular formula is C23H30N2. The molecule has 0 radical (unpaired) electrons. The Kier molecular flexibility index (Phi) is 4.06. The predicted molar refractivity (Wildman–Crippen MR) is 109 cm³/mol. The van der Waals surface area contributed by atoms with Gasteiger partial charge in [-0.05, 0) is 37.8 Å². The van der Waals surface area contributed by atoms with Gasteiger partial charge in [-0.15, -0.1) is 0 Å². The Balaban J connectivity index is 2.48. The number of aliphatic imine (C=N–C) groups is 1. The smallest absolute Gasteiger partial charge is 0.113 e. The molecule has 25 heavy (non-hydrogen) atoms. The van der Waals surface area contributed by atoms with E-state index >= 15 is 0 Å². The maximum absolute atomic E-state index is 4.86. The number of para-hydroxylation sites is 1. The minimum absolute atomic E-state index is 0.0461. The molecule has 1 aliphatic rings. The molecule has 1 heterocycles. The van der Waals surface area contributed by atoms with E-state index in [0.29, 0.717) is 0 Å². The highest BCUT2D eigenvalue weighted by Gasteiger charge is 2.59. The van der Waals surface area contributed by atoms with Crippen molar-refractivity contribution in [2.24, 2.45) is 10.4 Å². The first-order valence-electron chi connectivity index (χ1n) is 9.08. The monoisotopic (exact) mass is 334 g/mol. The molecule has 2 nitrogen and oxygen atoms in total. The molecule has 0 aliphatic carbocycles. The summed E-state index contributed by atoms with van der Waals surface area (Å²) in [7, 11) is 1.93. The number of fused-ring (bicyclic) bond motifs is 1. The third-order valence-corrected chi connectivity index (χ3v) is 5.25. The largest absolute Gasteiger partial charge is 0.350 e. The Morgan fingerprint density at radius 3 is 1.88 bits per heavy atom. The minimum Gasteiger partial charge on any atom is -0.350 e. The summed E-state index contributed by atoms with van der Waals surface area (Å²) in [5, 5.41) is 0. The molecule has 0 fully saturated rings. The van der Waals surface area contributed by atoms with Crippen LogP contribution >= 0.6 is 0 Å². The highest BCUT2D eigenvalue weighted by molar-refractivity contribution is 6.18. The maximum atomic E-state index is 4.86. The van der Waals surface area contributed by atoms with Gasteiger partial charge in [0.05, 0.1) is 5.71 Å². The van der Waals surface area contributed by atoms with Gasteiger partial charge in [-0.3, -0.25) is 4.99 Å². The van der Waals surface area contributed by atoms with Gasteiger partial charge < -0.3 is 4.90 Å². The Morgan fingerprint density at radius 1 is 0.800 bits per heavy atom. The third-order valence-electron chi connectivity index (χ3n) is 5.25. The number of rotatable bonds is 1. The third kappa shape index (κ3) is 2.42. The zero-order valence-electron chi connectivity index (χ0n) is 16.6. The summed E-state index contributed by atoms with van der Waals surface area (Å²) in [6.07, 6.45) is 0. The van der Waals surface area contributed by atoms with Gasteiger partial charge in [-0.2, -0.15) is 0 Å². The summed E-state index contributed by atoms with van der Waals surface area (Å²) in [6.45, 7) is 13.9. The standard InChI is InChI=1S/C23H30N2/c1-21(2,3)23(17-13-9-8-10-14-17)20(24-7)18-15-11-12-16-19(18)25(23)22(4,5)6/h8-16H,1-7H3. The van der Waals surface area contributed by atoms with Crippen LogP contribution in [0.25, 0.3) is 0 Å². The van der Waals surface area contributed by atoms with Gasteiger partial charge in [-0.25, -0.2) is 0 Å². The lowest BCUT2D eigenvalue weighted by Crippen LogP contribution is -2.62. The summed E-state index contributed by atoms with van der Waals surface area (Å²) in [6, 6.07) is 19.6. The zero-order valence-corrected chi connectivity index (χ0v) is 16.6. The van der Waals surface area contributed by atoms with E-state index in [2.05, 4.69) is 101 Å². The molecule has 0 N–H and O–H groups in total. The fourth-order valence-corrected chi connectivity index (χ4v) is 4.57. The average Bonchev–Trinajstić information content (AvgIpc) is 2.86. The molecule has 1 unspecified atom stereocenters. The van der Waals surface area contributed by atoms with Gasteiger partial charge in [-0.1, -0.05) is 69.3 Å². The van der Waals surface area contributed by atoms with Gasteiger partial charge in [0.2, 0.25) is 0 Å². The van der Waals surface area contributed by atoms with Gasteiger partial charge in [0.25, 0.3) is 0 Å². The van der Waals surface area contributed by atoms with Crippen LogP contribution in [0.3, 0.4) is 0 Å². The number of nitrogens with zero attached hydrogens (tertiary/aromatic N) is 2. The molecule has 1 atom stereocenters. The van der Waals surface area contributed by atoms with Crippen LogP contribution < -0.4 is 4.90 Å². The van der Waals surface area contributed by atoms with Crippen molar-refractivity contribution in [3.8, 4) is 0 Å². The Hall–Kier alpha value is -2.09. The molecule has 0 saturated heterocycles. The molecule has 2 aromatic rings. The lowest BCUT2D eigenvalue weighted by atomic mass is 9.65. The fraction of sp³-hybridized carbons (Fsp3) is 0.435. The number of hydrogen-bond acceptors (Lipinski definition) is 2. The molecule has 0 bridgehead atoms. The summed E-state index contributed by atoms with van der Waals surface area (Å²) < 4.78 is 0. The first kappa shape index (κ1) is 17.7. The highest BCUT2D eigenvalue weighted by Crippen LogP contribution is 2.56. The molecule has 0 aromatic heterocycles. The molecule has 0 spiro atoms. The Labute approximate surface area is 152 Å². The van der Waals surface area contributed by atoms with Crippen molar-refractivity contribution in [3.05, 3.63) is 65.7 Å². The fourth-order valence-electron chi connectivity index (χ4n) is 4.57. The zero-order chi connectivity index (χ0) is 18.5. The van der Waals surface area contributed by atoms with Crippen molar-refractivity contribution in [2.75, 3.05) is 11.9 Å². The second-order valence-electron chi connectivity index (χ2n) is 8.92. The highest BCUT2D eigenvalue weighted by atomic mass is 15.3. The van der Waals surface area contributed by atoms with Crippen molar-refractivity contribution in [1.82, 2.24) is 0 Å². The summed E-state index contributed by atoms with van der Waals surface area (Å²) in [5.74, 6) is 0. The van der Waals surface area contributed by atoms with Gasteiger partial charge in [0.15, 0.2) is 0 Å². The van der Waals surface area contributed by atoms with Crippen LogP contribution in [0, 0.1) is 5.41 Å². The number of hydrogen-bond donors (Lipinski definition) is 0. The lowest BCUT2D eigenvalue weighted by molar-refractivity contribution is 0.220. The average molecular weight is 335 g/mol. The van der Waals surface area contributed by atoms with E-state index in [1.807, 2.05) is 7.05 Å². The number of anilines is 1. The quantitative estimate of drug-likeness (QED) is 0.656. The molecule has 0 amide bonds. The molecule has 2 heteroatoms. The van der Waals surface area contributed by atoms with Crippen LogP contribution in [-0.4, -0.2) is 18.3 Å². The van der Waals surface area contributed by atoms with Crippen molar-refractivity contribution >= 4 is 11.4 Å². The van der Waals surface area contributed by atoms with Crippen LogP contribution in [0.2, 0.25) is 0 Å². The molecule has 2 aromatic carbocycles. The number of benzene rings is 2. The maximum Gasteiger partial charge on any atom is 0.113 e. The van der Waals surface area contributed by atoms with E-state index < -0.39 is 0 Å². The van der Waals surface area contributed by atoms with Crippen molar-refractivity contribution in [2.45, 2.75) is 52.6 Å². The summed E-state index contributed by atoms with van der Waals surface area (Å²) in [4.78, 5) is 7.45. The second kappa shape index (κ2) is 5.72. The van der Waals surface area contributed by atoms with Crippen LogP contribution in [0.15, 0.2) is 59.6 Å². The summed E-state index contributed by atoms with van der Waals surface area (Å²) in [5.41, 5.74) is 4.57. The van der Waals surface area contributed by atoms with E-state index in [1.165, 1.54) is 16.8 Å². The minimum atomic E-state index is -0.315. The van der Waals surface area contributed by atoms with E-state index in [9.17, 15) is 0 Å². The molecule has 1 aliphatic heterocycles. The van der Waals surface area contributed by atoms with E-state index in [4.69, 9.17) is 4.99 Å². The summed E-state index contributed by atoms with van der Waals surface area (Å²) >= 11 is 0. The van der Waals surface area contributed by atoms with Gasteiger partial charge in [0, 0.05) is 23.8 Å². The van der Waals surface area contributed by atoms with Crippen LogP contribution in [-0.2, 0) is 5.54 Å². The van der Waals surface area contributed by atoms with Crippen LogP contribution in [0.1, 0.15) is 52.7 Å². The Bertz CT molecular complexity index is 791. The molecule has 0 saturated carbocycles. The van der Waals surface area contributed by atoms with Crippen molar-refractivity contribution < 1.29 is 0 Å². The first-order chi connectivity index (χ1) is 11.7. The topological polar surface area (TPSA) is 15.6 Å². The normalized spacial score (nSPS) is 22.4. The molecule has 132 valence electrons. The van der Waals surface area contributed by atoms with E-state index in [-0.39, 0.29) is 16.5 Å². The van der Waals surface area contributed by atoms with Crippen LogP contribution in [0.4, 0.5) is 5.69 Å². The Morgan fingerprint density at radius 2 is 1.36 bits per heavy atom. The van der Waals surface area contributed by atoms with Crippen molar-refractivity contribution in [1.29, 1.82) is 0 Å². The predicted octanol–water partition coefficient (Wildman–Crippen LogP) is 5.67. The van der Waals surface area contributed by atoms with Gasteiger partial charge >= 0.3 is 0 Å². The lowest BCUT2D eigenvalue weighted by Gasteiger charge is -2.55. The molecule has 3 rings (SSSR count). The van der Waals surface area contributed by atoms with Crippen molar-refractivity contribution in [3.63, 3.8) is 0 Å². The second-order valence-corrected chi connectivity index (χ2v) is 8.92. The first-order valence-corrected chi connectivity index (χ1v) is 9.08.